The number of alkyl halides is 2. The number of aromatic nitrogens is 6. The van der Waals surface area contributed by atoms with Crippen molar-refractivity contribution in [3.8, 4) is 11.8 Å². The number of ether oxygens (including phenoxy) is 1. The Kier molecular flexibility index (Phi) is 3.91. The number of nitrogens with zero attached hydrogens (tertiary/aromatic N) is 5. The minimum Gasteiger partial charge on any atom is -0.422 e. The molecule has 0 fully saturated rings. The molecule has 9 nitrogen and oxygen atoms in total. The normalized spacial score (nSPS) is 10.7. The van der Waals surface area contributed by atoms with Crippen LogP contribution in [0.4, 0.5) is 14.5 Å². The first-order chi connectivity index (χ1) is 11.1. The summed E-state index contributed by atoms with van der Waals surface area (Å²) in [6.07, 6.45) is 1.03. The molecule has 2 heterocycles. The smallest absolute Gasteiger partial charge is 0.361 e. The van der Waals surface area contributed by atoms with Crippen molar-refractivity contribution < 1.29 is 18.3 Å². The second-order valence-electron chi connectivity index (χ2n) is 4.23. The van der Waals surface area contributed by atoms with Gasteiger partial charge in [-0.05, 0) is 35.5 Å². The Labute approximate surface area is 127 Å². The Morgan fingerprint density at radius 2 is 2.04 bits per heavy atom. The SMILES string of the molecule is O=C(Nc1ccc(Oc2nn[nH]n2)cc1)c1ccn(C(F)F)n1. The van der Waals surface area contributed by atoms with E-state index in [0.29, 0.717) is 16.1 Å². The highest BCUT2D eigenvalue weighted by atomic mass is 19.3. The lowest BCUT2D eigenvalue weighted by Crippen LogP contribution is -2.13. The number of tetrazole rings is 1. The topological polar surface area (TPSA) is 111 Å². The predicted molar refractivity (Wildman–Crippen MR) is 72.1 cm³/mol. The van der Waals surface area contributed by atoms with Gasteiger partial charge in [-0.3, -0.25) is 4.79 Å². The number of hydrogen-bond acceptors (Lipinski definition) is 6. The molecule has 0 radical (unpaired) electrons. The van der Waals surface area contributed by atoms with Crippen molar-refractivity contribution in [2.75, 3.05) is 5.32 Å². The zero-order valence-corrected chi connectivity index (χ0v) is 11.3. The van der Waals surface area contributed by atoms with E-state index < -0.39 is 12.5 Å². The van der Waals surface area contributed by atoms with Crippen LogP contribution in [0, 0.1) is 0 Å². The zero-order chi connectivity index (χ0) is 16.2. The standard InChI is InChI=1S/C12H9F2N7O2/c13-11(14)21-6-5-9(18-21)10(22)15-7-1-3-8(4-2-7)23-12-16-19-20-17-12/h1-6,11H,(H,15,22)(H,16,17,19,20). The van der Waals surface area contributed by atoms with Gasteiger partial charge in [0.25, 0.3) is 5.91 Å². The van der Waals surface area contributed by atoms with Crippen molar-refractivity contribution in [1.82, 2.24) is 30.4 Å². The summed E-state index contributed by atoms with van der Waals surface area (Å²) in [5.74, 6) is -0.164. The van der Waals surface area contributed by atoms with Gasteiger partial charge in [0.05, 0.1) is 0 Å². The van der Waals surface area contributed by atoms with Crippen molar-refractivity contribution in [2.45, 2.75) is 6.55 Å². The highest BCUT2D eigenvalue weighted by molar-refractivity contribution is 6.02. The van der Waals surface area contributed by atoms with E-state index in [9.17, 15) is 13.6 Å². The molecular weight excluding hydrogens is 312 g/mol. The molecule has 0 saturated heterocycles. The van der Waals surface area contributed by atoms with Crippen molar-refractivity contribution in [2.24, 2.45) is 0 Å². The van der Waals surface area contributed by atoms with E-state index in [0.717, 1.165) is 6.20 Å². The van der Waals surface area contributed by atoms with E-state index in [1.165, 1.54) is 6.07 Å². The third-order valence-electron chi connectivity index (χ3n) is 2.69. The molecule has 3 rings (SSSR count). The van der Waals surface area contributed by atoms with Gasteiger partial charge in [-0.1, -0.05) is 10.2 Å². The average molecular weight is 321 g/mol. The maximum atomic E-state index is 12.4. The van der Waals surface area contributed by atoms with E-state index >= 15 is 0 Å². The molecule has 118 valence electrons. The van der Waals surface area contributed by atoms with Crippen molar-refractivity contribution in [3.05, 3.63) is 42.2 Å². The maximum Gasteiger partial charge on any atom is 0.361 e. The minimum atomic E-state index is -2.79. The number of anilines is 1. The number of rotatable bonds is 5. The Balaban J connectivity index is 1.64. The quantitative estimate of drug-likeness (QED) is 0.742. The molecule has 0 aliphatic carbocycles. The molecule has 23 heavy (non-hydrogen) atoms. The third-order valence-corrected chi connectivity index (χ3v) is 2.69. The van der Waals surface area contributed by atoms with Crippen LogP contribution in [-0.2, 0) is 0 Å². The van der Waals surface area contributed by atoms with E-state index in [1.807, 2.05) is 0 Å². The zero-order valence-electron chi connectivity index (χ0n) is 11.3. The predicted octanol–water partition coefficient (Wildman–Crippen LogP) is 1.84. The first-order valence-electron chi connectivity index (χ1n) is 6.28. The van der Waals surface area contributed by atoms with Gasteiger partial charge < -0.3 is 10.1 Å². The van der Waals surface area contributed by atoms with Gasteiger partial charge in [0, 0.05) is 11.9 Å². The van der Waals surface area contributed by atoms with Gasteiger partial charge in [0.15, 0.2) is 5.69 Å². The summed E-state index contributed by atoms with van der Waals surface area (Å²) < 4.78 is 30.5. The summed E-state index contributed by atoms with van der Waals surface area (Å²) in [6, 6.07) is 7.54. The molecule has 2 N–H and O–H groups in total. The number of benzene rings is 1. The highest BCUT2D eigenvalue weighted by Gasteiger charge is 2.13. The largest absolute Gasteiger partial charge is 0.422 e. The fourth-order valence-corrected chi connectivity index (χ4v) is 1.67. The van der Waals surface area contributed by atoms with Crippen LogP contribution in [-0.4, -0.2) is 36.3 Å². The van der Waals surface area contributed by atoms with Crippen molar-refractivity contribution in [1.29, 1.82) is 0 Å². The van der Waals surface area contributed by atoms with Crippen LogP contribution in [0.3, 0.4) is 0 Å². The van der Waals surface area contributed by atoms with Gasteiger partial charge in [-0.25, -0.2) is 4.68 Å². The van der Waals surface area contributed by atoms with Gasteiger partial charge in [0.2, 0.25) is 0 Å². The average Bonchev–Trinajstić information content (AvgIpc) is 3.20. The molecule has 0 atom stereocenters. The molecule has 0 bridgehead atoms. The van der Waals surface area contributed by atoms with Crippen molar-refractivity contribution >= 4 is 11.6 Å². The molecule has 1 aromatic carbocycles. The van der Waals surface area contributed by atoms with E-state index in [4.69, 9.17) is 4.74 Å². The number of amides is 1. The van der Waals surface area contributed by atoms with Crippen LogP contribution in [0.25, 0.3) is 0 Å². The van der Waals surface area contributed by atoms with Crippen LogP contribution >= 0.6 is 0 Å². The molecule has 0 spiro atoms. The van der Waals surface area contributed by atoms with E-state index in [2.05, 4.69) is 31.0 Å². The summed E-state index contributed by atoms with van der Waals surface area (Å²) in [4.78, 5) is 11.9. The van der Waals surface area contributed by atoms with Gasteiger partial charge in [0.1, 0.15) is 5.75 Å². The Morgan fingerprint density at radius 1 is 1.26 bits per heavy atom. The second-order valence-corrected chi connectivity index (χ2v) is 4.23. The van der Waals surface area contributed by atoms with E-state index in [-0.39, 0.29) is 11.7 Å². The summed E-state index contributed by atoms with van der Waals surface area (Å²) in [7, 11) is 0. The molecule has 1 amide bonds. The van der Waals surface area contributed by atoms with E-state index in [1.54, 1.807) is 24.3 Å². The number of halogens is 2. The number of carbonyl (C=O) groups excluding carboxylic acids is 1. The molecule has 2 aromatic heterocycles. The monoisotopic (exact) mass is 321 g/mol. The molecular formula is C12H9F2N7O2. The van der Waals surface area contributed by atoms with Crippen LogP contribution in [0.1, 0.15) is 17.0 Å². The first kappa shape index (κ1) is 14.6. The third kappa shape index (κ3) is 3.45. The molecule has 0 aliphatic rings. The summed E-state index contributed by atoms with van der Waals surface area (Å²) in [5.41, 5.74) is 0.333. The summed E-state index contributed by atoms with van der Waals surface area (Å²) >= 11 is 0. The lowest BCUT2D eigenvalue weighted by molar-refractivity contribution is 0.0561. The molecule has 0 aliphatic heterocycles. The molecule has 0 saturated carbocycles. The molecule has 0 unspecified atom stereocenters. The van der Waals surface area contributed by atoms with Gasteiger partial charge in [-0.15, -0.1) is 0 Å². The Bertz CT molecular complexity index is 786. The number of aromatic amines is 1. The number of H-pyrrole nitrogens is 1. The number of hydrogen-bond donors (Lipinski definition) is 2. The molecule has 3 aromatic rings. The lowest BCUT2D eigenvalue weighted by atomic mass is 10.3. The highest BCUT2D eigenvalue weighted by Crippen LogP contribution is 2.20. The van der Waals surface area contributed by atoms with Crippen LogP contribution in [0.2, 0.25) is 0 Å². The Hall–Kier alpha value is -3.37. The fraction of sp³-hybridized carbons (Fsp3) is 0.0833. The number of carbonyl (C=O) groups is 1. The lowest BCUT2D eigenvalue weighted by Gasteiger charge is -2.05. The van der Waals surface area contributed by atoms with Crippen LogP contribution < -0.4 is 10.1 Å². The van der Waals surface area contributed by atoms with Crippen LogP contribution in [0.5, 0.6) is 11.8 Å². The second kappa shape index (κ2) is 6.17. The summed E-state index contributed by atoms with van der Waals surface area (Å²) in [6.45, 7) is -2.79. The maximum absolute atomic E-state index is 12.4. The fourth-order valence-electron chi connectivity index (χ4n) is 1.67. The number of nitrogens with one attached hydrogen (secondary N) is 2. The minimum absolute atomic E-state index is 0.0549. The summed E-state index contributed by atoms with van der Waals surface area (Å²) in [5, 5.41) is 18.8. The van der Waals surface area contributed by atoms with Gasteiger partial charge >= 0.3 is 12.6 Å². The molecule has 11 heteroatoms. The Morgan fingerprint density at radius 3 is 2.65 bits per heavy atom. The van der Waals surface area contributed by atoms with Crippen molar-refractivity contribution in [3.63, 3.8) is 0 Å². The van der Waals surface area contributed by atoms with Crippen LogP contribution in [0.15, 0.2) is 36.5 Å². The van der Waals surface area contributed by atoms with Gasteiger partial charge in [-0.2, -0.15) is 19.1 Å². The first-order valence-corrected chi connectivity index (χ1v) is 6.28.